The van der Waals surface area contributed by atoms with Crippen LogP contribution in [0.25, 0.3) is 22.2 Å². The van der Waals surface area contributed by atoms with E-state index in [1.807, 2.05) is 41.8 Å². The molecule has 0 aliphatic carbocycles. The van der Waals surface area contributed by atoms with E-state index in [0.717, 1.165) is 28.0 Å². The molecule has 4 aromatic rings. The largest absolute Gasteiger partial charge is 0.480 e. The van der Waals surface area contributed by atoms with Gasteiger partial charge in [0, 0.05) is 6.20 Å². The van der Waals surface area contributed by atoms with Crippen LogP contribution in [0.4, 0.5) is 0 Å². The number of benzene rings is 1. The minimum absolute atomic E-state index is 0.0238. The van der Waals surface area contributed by atoms with Gasteiger partial charge in [-0.1, -0.05) is 30.3 Å². The van der Waals surface area contributed by atoms with Crippen molar-refractivity contribution in [3.8, 4) is 17.0 Å². The Balaban J connectivity index is 1.88. The van der Waals surface area contributed by atoms with Gasteiger partial charge in [-0.3, -0.25) is 4.98 Å². The molecule has 0 radical (unpaired) electrons. The molecule has 3 aromatic heterocycles. The molecule has 0 saturated carbocycles. The summed E-state index contributed by atoms with van der Waals surface area (Å²) >= 11 is 0. The topological polar surface area (TPSA) is 113 Å². The van der Waals surface area contributed by atoms with Crippen molar-refractivity contribution in [1.29, 1.82) is 0 Å². The molecule has 9 heteroatoms. The Hall–Kier alpha value is -3.30. The fraction of sp³-hybridized carbons (Fsp3) is 0.150. The minimum Gasteiger partial charge on any atom is -0.480 e. The number of aryl methyl sites for hydroxylation is 1. The average molecular weight is 409 g/mol. The Morgan fingerprint density at radius 3 is 2.45 bits per heavy atom. The van der Waals surface area contributed by atoms with Gasteiger partial charge in [-0.05, 0) is 24.6 Å². The van der Waals surface area contributed by atoms with Gasteiger partial charge in [0.15, 0.2) is 0 Å². The quantitative estimate of drug-likeness (QED) is 0.542. The van der Waals surface area contributed by atoms with Crippen LogP contribution in [0.1, 0.15) is 11.5 Å². The normalized spacial score (nSPS) is 11.7. The second-order valence-electron chi connectivity index (χ2n) is 6.52. The van der Waals surface area contributed by atoms with Gasteiger partial charge >= 0.3 is 0 Å². The molecule has 0 bridgehead atoms. The molecular weight excluding hydrogens is 390 g/mol. The van der Waals surface area contributed by atoms with Crippen LogP contribution in [-0.2, 0) is 16.6 Å². The Morgan fingerprint density at radius 2 is 1.83 bits per heavy atom. The Kier molecular flexibility index (Phi) is 4.77. The highest BCUT2D eigenvalue weighted by Crippen LogP contribution is 2.35. The number of primary sulfonamides is 1. The second kappa shape index (κ2) is 7.26. The van der Waals surface area contributed by atoms with Crippen molar-refractivity contribution in [2.24, 2.45) is 5.14 Å². The summed E-state index contributed by atoms with van der Waals surface area (Å²) in [6, 6.07) is 12.9. The molecule has 148 valence electrons. The molecule has 0 unspecified atom stereocenters. The van der Waals surface area contributed by atoms with E-state index in [2.05, 4.69) is 15.0 Å². The lowest BCUT2D eigenvalue weighted by atomic mass is 10.1. The lowest BCUT2D eigenvalue weighted by Gasteiger charge is -2.13. The van der Waals surface area contributed by atoms with Gasteiger partial charge in [-0.15, -0.1) is 0 Å². The van der Waals surface area contributed by atoms with Crippen LogP contribution in [0.2, 0.25) is 0 Å². The fourth-order valence-corrected chi connectivity index (χ4v) is 3.73. The van der Waals surface area contributed by atoms with Crippen LogP contribution in [-0.4, -0.2) is 35.0 Å². The van der Waals surface area contributed by atoms with Crippen molar-refractivity contribution in [3.05, 3.63) is 66.4 Å². The summed E-state index contributed by atoms with van der Waals surface area (Å²) in [7, 11) is -2.20. The third-order valence-corrected chi connectivity index (χ3v) is 5.54. The van der Waals surface area contributed by atoms with E-state index in [4.69, 9.17) is 9.88 Å². The number of fused-ring (bicyclic) bond motifs is 1. The first kappa shape index (κ1) is 19.0. The number of hydrogen-bond donors (Lipinski definition) is 1. The summed E-state index contributed by atoms with van der Waals surface area (Å²) in [5, 5.41) is 5.15. The Morgan fingerprint density at radius 1 is 1.07 bits per heavy atom. The number of pyridine rings is 2. The van der Waals surface area contributed by atoms with E-state index in [1.54, 1.807) is 19.4 Å². The molecule has 0 spiro atoms. The van der Waals surface area contributed by atoms with Crippen LogP contribution < -0.4 is 9.88 Å². The van der Waals surface area contributed by atoms with Gasteiger partial charge in [-0.2, -0.15) is 0 Å². The molecule has 0 amide bonds. The Bertz CT molecular complexity index is 1280. The van der Waals surface area contributed by atoms with Crippen LogP contribution in [0.3, 0.4) is 0 Å². The molecule has 1 aromatic carbocycles. The predicted octanol–water partition coefficient (Wildman–Crippen LogP) is 2.51. The van der Waals surface area contributed by atoms with E-state index < -0.39 is 10.0 Å². The van der Waals surface area contributed by atoms with E-state index in [1.165, 1.54) is 12.3 Å². The number of sulfonamides is 1. The first-order valence-electron chi connectivity index (χ1n) is 8.81. The summed E-state index contributed by atoms with van der Waals surface area (Å²) in [6.45, 7) is 2.31. The van der Waals surface area contributed by atoms with Gasteiger partial charge in [0.05, 0.1) is 36.6 Å². The molecule has 0 aliphatic heterocycles. The molecule has 0 saturated heterocycles. The molecule has 0 aliphatic rings. The highest BCUT2D eigenvalue weighted by Gasteiger charge is 2.19. The first-order valence-corrected chi connectivity index (χ1v) is 10.4. The van der Waals surface area contributed by atoms with E-state index in [9.17, 15) is 8.42 Å². The maximum absolute atomic E-state index is 11.5. The molecule has 2 N–H and O–H groups in total. The molecule has 4 rings (SSSR count). The molecular formula is C20H19N5O3S. The summed E-state index contributed by atoms with van der Waals surface area (Å²) in [5.41, 5.74) is 4.09. The summed E-state index contributed by atoms with van der Waals surface area (Å²) in [4.78, 5) is 13.3. The number of imidazole rings is 1. The predicted molar refractivity (Wildman–Crippen MR) is 109 cm³/mol. The van der Waals surface area contributed by atoms with Crippen LogP contribution in [0.15, 0.2) is 59.8 Å². The number of aromatic nitrogens is 4. The van der Waals surface area contributed by atoms with Crippen molar-refractivity contribution < 1.29 is 13.2 Å². The molecule has 29 heavy (non-hydrogen) atoms. The number of nitrogens with zero attached hydrogens (tertiary/aromatic N) is 4. The maximum atomic E-state index is 11.5. The highest BCUT2D eigenvalue weighted by molar-refractivity contribution is 7.89. The summed E-state index contributed by atoms with van der Waals surface area (Å²) in [6.07, 6.45) is 2.95. The number of methoxy groups -OCH3 is 1. The highest BCUT2D eigenvalue weighted by atomic mass is 32.2. The van der Waals surface area contributed by atoms with E-state index >= 15 is 0 Å². The van der Waals surface area contributed by atoms with Gasteiger partial charge < -0.3 is 9.30 Å². The lowest BCUT2D eigenvalue weighted by Crippen LogP contribution is -2.13. The fourth-order valence-electron chi connectivity index (χ4n) is 3.27. The monoisotopic (exact) mass is 409 g/mol. The van der Waals surface area contributed by atoms with Crippen LogP contribution in [0.5, 0.6) is 5.88 Å². The SMILES string of the molecule is COc1ncc2nc(C)n(Cc3ccc(S(N)(=O)=O)cn3)c2c1-c1ccccc1. The van der Waals surface area contributed by atoms with Crippen molar-refractivity contribution >= 4 is 21.1 Å². The first-order chi connectivity index (χ1) is 13.9. The smallest absolute Gasteiger partial charge is 0.239 e. The zero-order valence-corrected chi connectivity index (χ0v) is 16.7. The Labute approximate surface area is 168 Å². The van der Waals surface area contributed by atoms with Crippen molar-refractivity contribution in [2.45, 2.75) is 18.4 Å². The molecule has 3 heterocycles. The van der Waals surface area contributed by atoms with Crippen molar-refractivity contribution in [3.63, 3.8) is 0 Å². The van der Waals surface area contributed by atoms with Crippen molar-refractivity contribution in [2.75, 3.05) is 7.11 Å². The zero-order chi connectivity index (χ0) is 20.6. The number of rotatable bonds is 5. The zero-order valence-electron chi connectivity index (χ0n) is 15.9. The van der Waals surface area contributed by atoms with Crippen LogP contribution >= 0.6 is 0 Å². The van der Waals surface area contributed by atoms with E-state index in [-0.39, 0.29) is 4.90 Å². The number of hydrogen-bond acceptors (Lipinski definition) is 6. The maximum Gasteiger partial charge on any atom is 0.239 e. The van der Waals surface area contributed by atoms with Gasteiger partial charge in [0.1, 0.15) is 16.2 Å². The molecule has 0 fully saturated rings. The summed E-state index contributed by atoms with van der Waals surface area (Å²) in [5.74, 6) is 1.28. The molecule has 8 nitrogen and oxygen atoms in total. The third-order valence-electron chi connectivity index (χ3n) is 4.64. The van der Waals surface area contributed by atoms with Gasteiger partial charge in [-0.25, -0.2) is 23.5 Å². The van der Waals surface area contributed by atoms with Crippen LogP contribution in [0, 0.1) is 6.92 Å². The lowest BCUT2D eigenvalue weighted by molar-refractivity contribution is 0.400. The third kappa shape index (κ3) is 3.57. The van der Waals surface area contributed by atoms with Crippen molar-refractivity contribution in [1.82, 2.24) is 19.5 Å². The van der Waals surface area contributed by atoms with Gasteiger partial charge in [0.2, 0.25) is 15.9 Å². The summed E-state index contributed by atoms with van der Waals surface area (Å²) < 4.78 is 30.5. The number of nitrogens with two attached hydrogens (primary N) is 1. The van der Waals surface area contributed by atoms with E-state index in [0.29, 0.717) is 18.1 Å². The average Bonchev–Trinajstić information content (AvgIpc) is 3.03. The number of ether oxygens (including phenoxy) is 1. The van der Waals surface area contributed by atoms with Gasteiger partial charge in [0.25, 0.3) is 0 Å². The minimum atomic E-state index is -3.78. The second-order valence-corrected chi connectivity index (χ2v) is 8.08. The standard InChI is InChI=1S/C20H19N5O3S/c1-13-24-17-11-23-20(28-2)18(14-6-4-3-5-7-14)19(17)25(13)12-15-8-9-16(10-22-15)29(21,26)27/h3-11H,12H2,1-2H3,(H2,21,26,27). The molecule has 0 atom stereocenters.